The topological polar surface area (TPSA) is 147 Å². The highest BCUT2D eigenvalue weighted by molar-refractivity contribution is 7.90. The summed E-state index contributed by atoms with van der Waals surface area (Å²) in [7, 11) is -2.83. The molecule has 44 heavy (non-hydrogen) atoms. The predicted molar refractivity (Wildman–Crippen MR) is 165 cm³/mol. The molecular formula is C31H34N6O5S2. The molecule has 0 aliphatic rings. The van der Waals surface area contributed by atoms with Gasteiger partial charge in [-0.2, -0.15) is 10.4 Å². The Kier molecular flexibility index (Phi) is 9.86. The maximum Gasteiger partial charge on any atom is 0.264 e. The average molecular weight is 635 g/mol. The normalized spacial score (nSPS) is 13.0. The van der Waals surface area contributed by atoms with Gasteiger partial charge >= 0.3 is 0 Å². The molecule has 1 atom stereocenters. The first-order valence-corrected chi connectivity index (χ1v) is 16.1. The lowest BCUT2D eigenvalue weighted by Gasteiger charge is -2.42. The van der Waals surface area contributed by atoms with Crippen molar-refractivity contribution in [3.05, 3.63) is 94.7 Å². The van der Waals surface area contributed by atoms with Crippen LogP contribution < -0.4 is 9.46 Å². The van der Waals surface area contributed by atoms with Crippen LogP contribution in [-0.4, -0.2) is 52.5 Å². The minimum Gasteiger partial charge on any atom is -0.496 e. The van der Waals surface area contributed by atoms with E-state index in [1.54, 1.807) is 60.2 Å². The van der Waals surface area contributed by atoms with E-state index < -0.39 is 27.4 Å². The summed E-state index contributed by atoms with van der Waals surface area (Å²) in [5, 5.41) is 16.2. The van der Waals surface area contributed by atoms with Crippen molar-refractivity contribution < 1.29 is 22.7 Å². The third-order valence-corrected chi connectivity index (χ3v) is 9.24. The van der Waals surface area contributed by atoms with E-state index in [1.807, 2.05) is 20.8 Å². The summed E-state index contributed by atoms with van der Waals surface area (Å²) in [5.41, 5.74) is -1.08. The van der Waals surface area contributed by atoms with Crippen LogP contribution in [0.25, 0.3) is 0 Å². The van der Waals surface area contributed by atoms with Gasteiger partial charge in [-0.25, -0.2) is 18.1 Å². The molecule has 0 fully saturated rings. The summed E-state index contributed by atoms with van der Waals surface area (Å²) in [4.78, 5) is 34.5. The SMILES string of the molecule is COc1cc(C(=O)N(Cc2nccs2)C(CCC#N)(Cn2cccn2)C(=O)NS(=O)(=O)c2ccccc2)ccc1C(C)(C)C. The summed E-state index contributed by atoms with van der Waals surface area (Å²) in [5.74, 6) is -1.06. The van der Waals surface area contributed by atoms with Crippen LogP contribution in [0.3, 0.4) is 0 Å². The Balaban J connectivity index is 1.91. The first-order valence-electron chi connectivity index (χ1n) is 13.8. The van der Waals surface area contributed by atoms with E-state index in [0.717, 1.165) is 5.56 Å². The number of nitriles is 1. The molecule has 2 heterocycles. The number of carbonyl (C=O) groups is 2. The second-order valence-corrected chi connectivity index (χ2v) is 13.8. The van der Waals surface area contributed by atoms with E-state index in [9.17, 15) is 23.3 Å². The number of hydrogen-bond donors (Lipinski definition) is 1. The van der Waals surface area contributed by atoms with E-state index in [1.165, 1.54) is 46.4 Å². The number of rotatable bonds is 12. The van der Waals surface area contributed by atoms with Crippen molar-refractivity contribution in [1.82, 2.24) is 24.4 Å². The summed E-state index contributed by atoms with van der Waals surface area (Å²) in [6.45, 7) is 5.71. The standard InChI is InChI=1S/C31H34N6O5S2/c1-30(2,3)25-13-12-23(20-26(25)42-4)28(38)37(21-27-33-17-19-43-27)31(14-8-15-32,22-36-18-9-16-34-36)29(39)35-44(40,41)24-10-6-5-7-11-24/h5-7,9-13,16-20H,8,14,21-22H2,1-4H3,(H,35,39). The van der Waals surface area contributed by atoms with Crippen LogP contribution in [0, 0.1) is 11.3 Å². The van der Waals surface area contributed by atoms with Crippen LogP contribution >= 0.6 is 11.3 Å². The Morgan fingerprint density at radius 3 is 2.45 bits per heavy atom. The first kappa shape index (κ1) is 32.4. The highest BCUT2D eigenvalue weighted by atomic mass is 32.2. The molecule has 0 saturated carbocycles. The highest BCUT2D eigenvalue weighted by Crippen LogP contribution is 2.35. The smallest absolute Gasteiger partial charge is 0.264 e. The average Bonchev–Trinajstić information content (AvgIpc) is 3.72. The molecule has 13 heteroatoms. The molecule has 2 aromatic heterocycles. The molecule has 0 radical (unpaired) electrons. The van der Waals surface area contributed by atoms with Crippen LogP contribution in [0.4, 0.5) is 0 Å². The third kappa shape index (κ3) is 7.15. The van der Waals surface area contributed by atoms with E-state index in [4.69, 9.17) is 4.74 Å². The molecular weight excluding hydrogens is 601 g/mol. The van der Waals surface area contributed by atoms with Crippen molar-refractivity contribution in [2.75, 3.05) is 7.11 Å². The van der Waals surface area contributed by atoms with Gasteiger partial charge in [-0.15, -0.1) is 11.3 Å². The third-order valence-electron chi connectivity index (χ3n) is 7.13. The minimum absolute atomic E-state index is 0.123. The van der Waals surface area contributed by atoms with Crippen molar-refractivity contribution in [1.29, 1.82) is 5.26 Å². The zero-order valence-corrected chi connectivity index (χ0v) is 26.6. The van der Waals surface area contributed by atoms with Gasteiger partial charge in [0.1, 0.15) is 16.3 Å². The second kappa shape index (κ2) is 13.4. The largest absolute Gasteiger partial charge is 0.496 e. The van der Waals surface area contributed by atoms with Crippen LogP contribution in [0.1, 0.15) is 54.5 Å². The molecule has 0 aliphatic heterocycles. The molecule has 2 amide bonds. The van der Waals surface area contributed by atoms with Gasteiger partial charge < -0.3 is 9.64 Å². The lowest BCUT2D eigenvalue weighted by molar-refractivity contribution is -0.132. The number of nitrogens with zero attached hydrogens (tertiary/aromatic N) is 5. The summed E-state index contributed by atoms with van der Waals surface area (Å²) in [6.07, 6.45) is 4.35. The van der Waals surface area contributed by atoms with E-state index >= 15 is 0 Å². The number of amides is 2. The monoisotopic (exact) mass is 634 g/mol. The highest BCUT2D eigenvalue weighted by Gasteiger charge is 2.49. The van der Waals surface area contributed by atoms with Crippen molar-refractivity contribution >= 4 is 33.2 Å². The number of thiazole rings is 1. The Morgan fingerprint density at radius 1 is 1.11 bits per heavy atom. The molecule has 230 valence electrons. The summed E-state index contributed by atoms with van der Waals surface area (Å²) in [6, 6.07) is 16.2. The zero-order chi connectivity index (χ0) is 32.0. The number of aromatic nitrogens is 3. The number of hydrogen-bond acceptors (Lipinski definition) is 9. The fraction of sp³-hybridized carbons (Fsp3) is 0.323. The summed E-state index contributed by atoms with van der Waals surface area (Å²) >= 11 is 1.28. The molecule has 0 spiro atoms. The van der Waals surface area contributed by atoms with Gasteiger partial charge in [0.15, 0.2) is 0 Å². The molecule has 1 N–H and O–H groups in total. The molecule has 2 aromatic carbocycles. The number of ether oxygens (including phenoxy) is 1. The number of nitrogens with one attached hydrogen (secondary N) is 1. The number of methoxy groups -OCH3 is 1. The van der Waals surface area contributed by atoms with Crippen molar-refractivity contribution in [3.8, 4) is 11.8 Å². The Bertz CT molecular complexity index is 1730. The lowest BCUT2D eigenvalue weighted by Crippen LogP contribution is -2.63. The molecule has 0 aliphatic carbocycles. The molecule has 4 aromatic rings. The molecule has 11 nitrogen and oxygen atoms in total. The van der Waals surface area contributed by atoms with Crippen molar-refractivity contribution in [2.24, 2.45) is 0 Å². The molecule has 4 rings (SSSR count). The second-order valence-electron chi connectivity index (χ2n) is 11.1. The molecule has 1 unspecified atom stereocenters. The van der Waals surface area contributed by atoms with Crippen molar-refractivity contribution in [3.63, 3.8) is 0 Å². The van der Waals surface area contributed by atoms with Crippen LogP contribution in [0.5, 0.6) is 5.75 Å². The summed E-state index contributed by atoms with van der Waals surface area (Å²) < 4.78 is 36.1. The Morgan fingerprint density at radius 2 is 1.86 bits per heavy atom. The van der Waals surface area contributed by atoms with Crippen LogP contribution in [0.15, 0.2) is 83.5 Å². The maximum absolute atomic E-state index is 14.6. The maximum atomic E-state index is 14.6. The van der Waals surface area contributed by atoms with E-state index in [-0.39, 0.29) is 41.8 Å². The minimum atomic E-state index is -4.35. The fourth-order valence-electron chi connectivity index (χ4n) is 4.89. The van der Waals surface area contributed by atoms with Crippen molar-refractivity contribution in [2.45, 2.75) is 62.6 Å². The zero-order valence-electron chi connectivity index (χ0n) is 24.9. The Hall–Kier alpha value is -4.54. The van der Waals surface area contributed by atoms with Gasteiger partial charge in [-0.1, -0.05) is 45.0 Å². The van der Waals surface area contributed by atoms with Gasteiger partial charge in [0.25, 0.3) is 21.8 Å². The van der Waals surface area contributed by atoms with Gasteiger partial charge in [-0.3, -0.25) is 14.3 Å². The lowest BCUT2D eigenvalue weighted by atomic mass is 9.85. The number of carbonyl (C=O) groups excluding carboxylic acids is 2. The number of benzene rings is 2. The first-order chi connectivity index (χ1) is 20.9. The quantitative estimate of drug-likeness (QED) is 0.239. The van der Waals surface area contributed by atoms with E-state index in [0.29, 0.717) is 10.8 Å². The van der Waals surface area contributed by atoms with Gasteiger partial charge in [0, 0.05) is 36.0 Å². The van der Waals surface area contributed by atoms with Gasteiger partial charge in [0.2, 0.25) is 0 Å². The molecule has 0 bridgehead atoms. The molecule has 0 saturated heterocycles. The number of sulfonamides is 1. The van der Waals surface area contributed by atoms with Crippen LogP contribution in [-0.2, 0) is 33.3 Å². The van der Waals surface area contributed by atoms with Gasteiger partial charge in [-0.05, 0) is 47.7 Å². The fourth-order valence-corrected chi connectivity index (χ4v) is 6.56. The predicted octanol–water partition coefficient (Wildman–Crippen LogP) is 4.54. The Labute approximate surface area is 261 Å². The van der Waals surface area contributed by atoms with Crippen LogP contribution in [0.2, 0.25) is 0 Å². The van der Waals surface area contributed by atoms with Gasteiger partial charge in [0.05, 0.1) is 31.2 Å². The van der Waals surface area contributed by atoms with E-state index in [2.05, 4.69) is 20.9 Å².